The van der Waals surface area contributed by atoms with Crippen molar-refractivity contribution in [3.8, 4) is 0 Å². The topological polar surface area (TPSA) is 41.1 Å². The van der Waals surface area contributed by atoms with Crippen LogP contribution in [0.15, 0.2) is 11.8 Å². The van der Waals surface area contributed by atoms with Gasteiger partial charge in [-0.1, -0.05) is 18.4 Å². The van der Waals surface area contributed by atoms with Gasteiger partial charge in [0.05, 0.1) is 0 Å². The Morgan fingerprint density at radius 2 is 1.55 bits per heavy atom. The Hall–Kier alpha value is -0.990. The zero-order valence-electron chi connectivity index (χ0n) is 13.9. The molecule has 4 bridgehead atoms. The van der Waals surface area contributed by atoms with E-state index < -0.39 is 0 Å². The quantitative estimate of drug-likeness (QED) is 0.799. The third-order valence-electron chi connectivity index (χ3n) is 6.85. The Labute approximate surface area is 134 Å². The predicted octanol–water partition coefficient (Wildman–Crippen LogP) is 4.35. The fourth-order valence-corrected chi connectivity index (χ4v) is 6.22. The van der Waals surface area contributed by atoms with Crippen LogP contribution in [0.1, 0.15) is 71.1 Å². The van der Waals surface area contributed by atoms with Gasteiger partial charge in [0.15, 0.2) is 0 Å². The van der Waals surface area contributed by atoms with E-state index in [9.17, 15) is 4.79 Å². The van der Waals surface area contributed by atoms with Crippen molar-refractivity contribution < 1.29 is 4.79 Å². The van der Waals surface area contributed by atoms with E-state index >= 15 is 0 Å². The Morgan fingerprint density at radius 1 is 1.00 bits per heavy atom. The van der Waals surface area contributed by atoms with Crippen LogP contribution in [0.2, 0.25) is 0 Å². The summed E-state index contributed by atoms with van der Waals surface area (Å²) in [4.78, 5) is 12.4. The fraction of sp³-hybridized carbons (Fsp3) is 0.842. The van der Waals surface area contributed by atoms with Crippen molar-refractivity contribution in [1.82, 2.24) is 10.6 Å². The van der Waals surface area contributed by atoms with Crippen LogP contribution in [0.25, 0.3) is 0 Å². The molecule has 0 radical (unpaired) electrons. The number of allylic oxidation sites excluding steroid dienone is 1. The maximum atomic E-state index is 12.4. The molecule has 2 N–H and O–H groups in total. The summed E-state index contributed by atoms with van der Waals surface area (Å²) >= 11 is 0. The summed E-state index contributed by atoms with van der Waals surface area (Å²) in [6.45, 7) is 2.17. The van der Waals surface area contributed by atoms with E-state index in [2.05, 4.69) is 17.6 Å². The second-order valence-corrected chi connectivity index (χ2v) is 8.67. The molecule has 0 atom stereocenters. The van der Waals surface area contributed by atoms with E-state index in [0.717, 1.165) is 17.8 Å². The van der Waals surface area contributed by atoms with Crippen LogP contribution in [0.3, 0.4) is 0 Å². The number of hydrogen-bond acceptors (Lipinski definition) is 1. The highest BCUT2D eigenvalue weighted by molar-refractivity contribution is 5.76. The molecule has 5 aliphatic carbocycles. The van der Waals surface area contributed by atoms with Crippen LogP contribution in [-0.4, -0.2) is 11.6 Å². The summed E-state index contributed by atoms with van der Waals surface area (Å²) in [7, 11) is 0. The normalized spacial score (nSPS) is 41.0. The summed E-state index contributed by atoms with van der Waals surface area (Å²) < 4.78 is 0. The lowest BCUT2D eigenvalue weighted by molar-refractivity contribution is -0.0133. The van der Waals surface area contributed by atoms with Gasteiger partial charge < -0.3 is 10.6 Å². The highest BCUT2D eigenvalue weighted by atomic mass is 16.2. The van der Waals surface area contributed by atoms with E-state index in [1.54, 1.807) is 0 Å². The van der Waals surface area contributed by atoms with Gasteiger partial charge >= 0.3 is 6.03 Å². The zero-order valence-corrected chi connectivity index (χ0v) is 13.9. The van der Waals surface area contributed by atoms with Gasteiger partial charge in [-0.15, -0.1) is 0 Å². The first-order valence-corrected chi connectivity index (χ1v) is 9.37. The Bertz CT molecular complexity index is 441. The largest absolute Gasteiger partial charge is 0.332 e. The Morgan fingerprint density at radius 3 is 2.09 bits per heavy atom. The van der Waals surface area contributed by atoms with Crippen molar-refractivity contribution in [2.24, 2.45) is 23.7 Å². The predicted molar refractivity (Wildman–Crippen MR) is 88.3 cm³/mol. The molecular formula is C19H30N2O. The second-order valence-electron chi connectivity index (χ2n) is 8.67. The Balaban J connectivity index is 1.35. The lowest BCUT2D eigenvalue weighted by atomic mass is 9.53. The molecule has 0 aliphatic heterocycles. The molecule has 22 heavy (non-hydrogen) atoms. The summed E-state index contributed by atoms with van der Waals surface area (Å²) in [5.41, 5.74) is 1.46. The first kappa shape index (κ1) is 14.6. The molecule has 3 nitrogen and oxygen atoms in total. The molecule has 5 saturated carbocycles. The molecule has 0 unspecified atom stereocenters. The molecule has 0 aromatic heterocycles. The standard InChI is InChI=1S/C19H30N2O/c1-13(17-4-2-3-5-17)12-20-18(22)21-19-9-14-6-15(10-19)8-16(7-14)11-19/h12,14-17H,2-11H2,1H3,(H2,20,21,22)/b13-12+. The summed E-state index contributed by atoms with van der Waals surface area (Å²) in [5.74, 6) is 3.33. The van der Waals surface area contributed by atoms with Crippen LogP contribution in [0, 0.1) is 23.7 Å². The van der Waals surface area contributed by atoms with Crippen LogP contribution < -0.4 is 10.6 Å². The minimum Gasteiger partial charge on any atom is -0.332 e. The van der Waals surface area contributed by atoms with Gasteiger partial charge in [-0.2, -0.15) is 0 Å². The molecule has 0 spiro atoms. The molecule has 0 aromatic carbocycles. The first-order chi connectivity index (χ1) is 10.6. The smallest absolute Gasteiger partial charge is 0.319 e. The maximum absolute atomic E-state index is 12.4. The number of hydrogen-bond donors (Lipinski definition) is 2. The zero-order chi connectivity index (χ0) is 15.2. The minimum absolute atomic E-state index is 0.0271. The van der Waals surface area contributed by atoms with E-state index in [4.69, 9.17) is 0 Å². The van der Waals surface area contributed by atoms with E-state index in [1.165, 1.54) is 69.8 Å². The second kappa shape index (κ2) is 5.58. The van der Waals surface area contributed by atoms with Gasteiger partial charge in [-0.25, -0.2) is 4.79 Å². The monoisotopic (exact) mass is 302 g/mol. The minimum atomic E-state index is 0.0271. The van der Waals surface area contributed by atoms with Gasteiger partial charge in [0.2, 0.25) is 0 Å². The van der Waals surface area contributed by atoms with Crippen molar-refractivity contribution >= 4 is 6.03 Å². The third kappa shape index (κ3) is 2.79. The molecule has 5 fully saturated rings. The van der Waals surface area contributed by atoms with Gasteiger partial charge in [-0.05, 0) is 82.0 Å². The summed E-state index contributed by atoms with van der Waals surface area (Å²) in [6, 6.07) is 0.0271. The summed E-state index contributed by atoms with van der Waals surface area (Å²) in [5, 5.41) is 6.40. The average molecular weight is 302 g/mol. The SMILES string of the molecule is C/C(=C\NC(=O)NC12CC3CC(CC(C3)C1)C2)C1CCCC1. The highest BCUT2D eigenvalue weighted by Crippen LogP contribution is 2.55. The average Bonchev–Trinajstić information content (AvgIpc) is 2.97. The molecule has 5 rings (SSSR count). The van der Waals surface area contributed by atoms with Gasteiger partial charge in [0.25, 0.3) is 0 Å². The van der Waals surface area contributed by atoms with E-state index in [1.807, 2.05) is 6.20 Å². The molecule has 122 valence electrons. The third-order valence-corrected chi connectivity index (χ3v) is 6.85. The molecule has 2 amide bonds. The van der Waals surface area contributed by atoms with Gasteiger partial charge in [-0.3, -0.25) is 0 Å². The fourth-order valence-electron chi connectivity index (χ4n) is 6.22. The number of rotatable bonds is 3. The van der Waals surface area contributed by atoms with Crippen molar-refractivity contribution in [1.29, 1.82) is 0 Å². The van der Waals surface area contributed by atoms with Crippen molar-refractivity contribution in [3.63, 3.8) is 0 Å². The number of nitrogens with one attached hydrogen (secondary N) is 2. The molecule has 5 aliphatic rings. The Kier molecular flexibility index (Phi) is 3.70. The molecule has 3 heteroatoms. The van der Waals surface area contributed by atoms with Crippen LogP contribution >= 0.6 is 0 Å². The molecule has 0 saturated heterocycles. The van der Waals surface area contributed by atoms with Gasteiger partial charge in [0, 0.05) is 11.7 Å². The molecule has 0 heterocycles. The van der Waals surface area contributed by atoms with E-state index in [0.29, 0.717) is 5.92 Å². The number of carbonyl (C=O) groups excluding carboxylic acids is 1. The van der Waals surface area contributed by atoms with Crippen molar-refractivity contribution in [2.75, 3.05) is 0 Å². The summed E-state index contributed by atoms with van der Waals surface area (Å²) in [6.07, 6.45) is 15.2. The van der Waals surface area contributed by atoms with Crippen LogP contribution in [-0.2, 0) is 0 Å². The number of urea groups is 1. The molecular weight excluding hydrogens is 272 g/mol. The first-order valence-electron chi connectivity index (χ1n) is 9.37. The lowest BCUT2D eigenvalue weighted by Gasteiger charge is -2.56. The highest BCUT2D eigenvalue weighted by Gasteiger charge is 2.51. The van der Waals surface area contributed by atoms with E-state index in [-0.39, 0.29) is 11.6 Å². The molecule has 0 aromatic rings. The van der Waals surface area contributed by atoms with Gasteiger partial charge in [0.1, 0.15) is 0 Å². The van der Waals surface area contributed by atoms with Crippen LogP contribution in [0.4, 0.5) is 4.79 Å². The van der Waals surface area contributed by atoms with Crippen molar-refractivity contribution in [3.05, 3.63) is 11.8 Å². The number of amides is 2. The number of carbonyl (C=O) groups is 1. The van der Waals surface area contributed by atoms with Crippen LogP contribution in [0.5, 0.6) is 0 Å². The maximum Gasteiger partial charge on any atom is 0.319 e. The lowest BCUT2D eigenvalue weighted by Crippen LogP contribution is -2.61. The van der Waals surface area contributed by atoms with Crippen molar-refractivity contribution in [2.45, 2.75) is 76.7 Å².